The number of anilines is 2. The van der Waals surface area contributed by atoms with Crippen LogP contribution in [0.1, 0.15) is 11.1 Å². The first-order chi connectivity index (χ1) is 14.3. The summed E-state index contributed by atoms with van der Waals surface area (Å²) in [5.41, 5.74) is 4.15. The van der Waals surface area contributed by atoms with Crippen LogP contribution in [0.25, 0.3) is 10.9 Å². The first-order valence-electron chi connectivity index (χ1n) is 10.2. The number of pyridine rings is 1. The van der Waals surface area contributed by atoms with Gasteiger partial charge in [0.2, 0.25) is 0 Å². The van der Waals surface area contributed by atoms with E-state index < -0.39 is 10.6 Å². The molecule has 0 bridgehead atoms. The lowest BCUT2D eigenvalue weighted by Gasteiger charge is -2.32. The number of nitrogens with one attached hydrogen (secondary N) is 1. The molecule has 2 heterocycles. The molecule has 3 N–H and O–H groups in total. The van der Waals surface area contributed by atoms with Crippen molar-refractivity contribution in [1.82, 2.24) is 9.88 Å². The number of nitrogens with zero attached hydrogens (tertiary/aromatic N) is 3. The van der Waals surface area contributed by atoms with Crippen LogP contribution in [0.15, 0.2) is 53.4 Å². The van der Waals surface area contributed by atoms with Crippen LogP contribution in [0.4, 0.5) is 11.5 Å². The van der Waals surface area contributed by atoms with Gasteiger partial charge in [-0.1, -0.05) is 29.8 Å². The van der Waals surface area contributed by atoms with Gasteiger partial charge in [0.25, 0.3) is 0 Å². The normalized spacial score (nSPS) is 16.9. The van der Waals surface area contributed by atoms with E-state index in [1.165, 1.54) is 5.56 Å². The molecule has 0 aliphatic carbocycles. The zero-order chi connectivity index (χ0) is 21.3. The predicted octanol–water partition coefficient (Wildman–Crippen LogP) is 4.65. The molecule has 0 atom stereocenters. The molecule has 160 valence electrons. The van der Waals surface area contributed by atoms with Crippen molar-refractivity contribution in [3.63, 3.8) is 0 Å². The van der Waals surface area contributed by atoms with E-state index in [1.54, 1.807) is 0 Å². The minimum absolute atomic E-state index is 0.307. The van der Waals surface area contributed by atoms with Gasteiger partial charge in [-0.05, 0) is 44.8 Å². The molecule has 0 fully saturated rings. The SMILES string of the molecule is Cc1ccc2nc(N3CCS(O)(O)c4ccccc4C3)cc(NCCN(C)C)c2c1. The maximum Gasteiger partial charge on any atom is 0.131 e. The molecule has 2 aromatic carbocycles. The van der Waals surface area contributed by atoms with Gasteiger partial charge in [-0.3, -0.25) is 9.11 Å². The number of aromatic nitrogens is 1. The fourth-order valence-electron chi connectivity index (χ4n) is 3.83. The Hall–Kier alpha value is -2.32. The smallest absolute Gasteiger partial charge is 0.131 e. The van der Waals surface area contributed by atoms with Gasteiger partial charge < -0.3 is 15.1 Å². The van der Waals surface area contributed by atoms with E-state index in [1.807, 2.05) is 24.3 Å². The summed E-state index contributed by atoms with van der Waals surface area (Å²) in [5, 5.41) is 4.68. The first-order valence-corrected chi connectivity index (χ1v) is 11.9. The Balaban J connectivity index is 1.72. The molecule has 0 spiro atoms. The molecule has 0 unspecified atom stereocenters. The molecule has 0 radical (unpaired) electrons. The topological polar surface area (TPSA) is 71.9 Å². The third-order valence-electron chi connectivity index (χ3n) is 5.48. The van der Waals surface area contributed by atoms with E-state index in [2.05, 4.69) is 60.4 Å². The Bertz CT molecular complexity index is 1050. The van der Waals surface area contributed by atoms with Crippen molar-refractivity contribution in [1.29, 1.82) is 0 Å². The summed E-state index contributed by atoms with van der Waals surface area (Å²) >= 11 is 0. The maximum absolute atomic E-state index is 10.7. The van der Waals surface area contributed by atoms with E-state index >= 15 is 0 Å². The molecule has 6 nitrogen and oxygen atoms in total. The van der Waals surface area contributed by atoms with Gasteiger partial charge in [-0.15, -0.1) is 0 Å². The molecular formula is C23H30N4O2S. The van der Waals surface area contributed by atoms with Crippen LogP contribution in [-0.2, 0) is 6.54 Å². The van der Waals surface area contributed by atoms with Crippen LogP contribution >= 0.6 is 10.6 Å². The number of benzene rings is 2. The molecule has 1 aliphatic heterocycles. The Kier molecular flexibility index (Phi) is 5.88. The Morgan fingerprint density at radius 3 is 2.73 bits per heavy atom. The third kappa shape index (κ3) is 4.39. The van der Waals surface area contributed by atoms with E-state index in [4.69, 9.17) is 4.98 Å². The summed E-state index contributed by atoms with van der Waals surface area (Å²) < 4.78 is 21.3. The molecule has 30 heavy (non-hydrogen) atoms. The standard InChI is InChI=1S/C23H30N4O2S/c1-17-8-9-20-19(14-17)21(24-10-11-26(2)3)15-23(25-20)27-12-13-30(28,29)22-7-5-4-6-18(22)16-27/h4-9,14-15,28-29H,10-13,16H2,1-3H3,(H,24,25). The van der Waals surface area contributed by atoms with Crippen molar-refractivity contribution < 1.29 is 9.11 Å². The molecular weight excluding hydrogens is 396 g/mol. The molecule has 0 saturated heterocycles. The largest absolute Gasteiger partial charge is 0.383 e. The van der Waals surface area contributed by atoms with Crippen LogP contribution in [-0.4, -0.2) is 58.5 Å². The van der Waals surface area contributed by atoms with Crippen LogP contribution in [0.5, 0.6) is 0 Å². The van der Waals surface area contributed by atoms with Gasteiger partial charge in [-0.2, -0.15) is 10.6 Å². The molecule has 1 aromatic heterocycles. The van der Waals surface area contributed by atoms with Crippen molar-refractivity contribution in [3.8, 4) is 0 Å². The monoisotopic (exact) mass is 426 g/mol. The summed E-state index contributed by atoms with van der Waals surface area (Å²) in [6, 6.07) is 16.0. The number of aryl methyl sites for hydroxylation is 1. The molecule has 3 aromatic rings. The summed E-state index contributed by atoms with van der Waals surface area (Å²) in [6.45, 7) is 5.01. The Morgan fingerprint density at radius 1 is 1.13 bits per heavy atom. The van der Waals surface area contributed by atoms with Crippen molar-refractivity contribution in [3.05, 3.63) is 59.7 Å². The van der Waals surface area contributed by atoms with Crippen LogP contribution in [0.3, 0.4) is 0 Å². The van der Waals surface area contributed by atoms with Crippen LogP contribution in [0, 0.1) is 6.92 Å². The number of likely N-dealkylation sites (N-methyl/N-ethyl adjacent to an activating group) is 1. The van der Waals surface area contributed by atoms with Gasteiger partial charge in [0.15, 0.2) is 0 Å². The van der Waals surface area contributed by atoms with E-state index in [0.717, 1.165) is 41.1 Å². The number of hydrogen-bond acceptors (Lipinski definition) is 6. The van der Waals surface area contributed by atoms with E-state index in [9.17, 15) is 9.11 Å². The van der Waals surface area contributed by atoms with Gasteiger partial charge in [0.1, 0.15) is 5.82 Å². The molecule has 0 saturated carbocycles. The average Bonchev–Trinajstić information content (AvgIpc) is 2.84. The lowest BCUT2D eigenvalue weighted by Crippen LogP contribution is -2.26. The highest BCUT2D eigenvalue weighted by Gasteiger charge is 2.26. The number of fused-ring (bicyclic) bond motifs is 2. The minimum Gasteiger partial charge on any atom is -0.383 e. The zero-order valence-electron chi connectivity index (χ0n) is 17.8. The van der Waals surface area contributed by atoms with Gasteiger partial charge in [-0.25, -0.2) is 4.98 Å². The average molecular weight is 427 g/mol. The quantitative estimate of drug-likeness (QED) is 0.552. The van der Waals surface area contributed by atoms with E-state index in [-0.39, 0.29) is 0 Å². The minimum atomic E-state index is -2.79. The van der Waals surface area contributed by atoms with Crippen molar-refractivity contribution in [2.75, 3.05) is 49.7 Å². The van der Waals surface area contributed by atoms with Gasteiger partial charge in [0, 0.05) is 43.3 Å². The predicted molar refractivity (Wildman–Crippen MR) is 127 cm³/mol. The van der Waals surface area contributed by atoms with Gasteiger partial charge in [0.05, 0.1) is 16.2 Å². The summed E-state index contributed by atoms with van der Waals surface area (Å²) in [5.74, 6) is 1.16. The Morgan fingerprint density at radius 2 is 1.93 bits per heavy atom. The number of hydrogen-bond donors (Lipinski definition) is 3. The highest BCUT2D eigenvalue weighted by molar-refractivity contribution is 8.24. The molecule has 4 rings (SSSR count). The second-order valence-corrected chi connectivity index (χ2v) is 10.4. The lowest BCUT2D eigenvalue weighted by molar-refractivity contribution is 0.425. The number of rotatable bonds is 5. The zero-order valence-corrected chi connectivity index (χ0v) is 18.6. The fraction of sp³-hybridized carbons (Fsp3) is 0.348. The fourth-order valence-corrected chi connectivity index (χ4v) is 5.37. The molecule has 7 heteroatoms. The summed E-state index contributed by atoms with van der Waals surface area (Å²) in [4.78, 5) is 9.89. The van der Waals surface area contributed by atoms with Crippen molar-refractivity contribution >= 4 is 33.0 Å². The molecule has 0 amide bonds. The van der Waals surface area contributed by atoms with E-state index in [0.29, 0.717) is 23.7 Å². The Labute approximate surface area is 179 Å². The maximum atomic E-state index is 10.7. The third-order valence-corrected chi connectivity index (χ3v) is 7.34. The first kappa shape index (κ1) is 20.9. The van der Waals surface area contributed by atoms with Crippen LogP contribution < -0.4 is 10.2 Å². The summed E-state index contributed by atoms with van der Waals surface area (Å²) in [7, 11) is 1.34. The second kappa shape index (κ2) is 8.43. The lowest BCUT2D eigenvalue weighted by atomic mass is 10.1. The van der Waals surface area contributed by atoms with Crippen molar-refractivity contribution in [2.45, 2.75) is 18.4 Å². The molecule has 1 aliphatic rings. The van der Waals surface area contributed by atoms with Crippen molar-refractivity contribution in [2.24, 2.45) is 0 Å². The highest BCUT2D eigenvalue weighted by Crippen LogP contribution is 2.51. The van der Waals surface area contributed by atoms with Crippen LogP contribution in [0.2, 0.25) is 0 Å². The summed E-state index contributed by atoms with van der Waals surface area (Å²) in [6.07, 6.45) is 0. The van der Waals surface area contributed by atoms with Gasteiger partial charge >= 0.3 is 0 Å². The highest BCUT2D eigenvalue weighted by atomic mass is 32.3. The second-order valence-electron chi connectivity index (χ2n) is 8.18.